The van der Waals surface area contributed by atoms with Crippen LogP contribution in [0.2, 0.25) is 0 Å². The molecular weight excluding hydrogens is 192 g/mol. The van der Waals surface area contributed by atoms with Crippen LogP contribution in [0.3, 0.4) is 0 Å². The zero-order valence-electron chi connectivity index (χ0n) is 11.1. The highest BCUT2D eigenvalue weighted by molar-refractivity contribution is 5.26. The quantitative estimate of drug-likeness (QED) is 0.613. The van der Waals surface area contributed by atoms with Gasteiger partial charge in [-0.15, -0.1) is 0 Å². The van der Waals surface area contributed by atoms with E-state index >= 15 is 0 Å². The fraction of sp³-hybridized carbons (Fsp3) is 0.500. The van der Waals surface area contributed by atoms with Gasteiger partial charge in [-0.05, 0) is 50.2 Å². The second-order valence-electron chi connectivity index (χ2n) is 4.97. The first-order chi connectivity index (χ1) is 7.63. The summed E-state index contributed by atoms with van der Waals surface area (Å²) in [4.78, 5) is 0. The van der Waals surface area contributed by atoms with Gasteiger partial charge in [-0.2, -0.15) is 0 Å². The lowest BCUT2D eigenvalue weighted by atomic mass is 9.95. The highest BCUT2D eigenvalue weighted by atomic mass is 14.1. The van der Waals surface area contributed by atoms with Crippen molar-refractivity contribution in [3.05, 3.63) is 47.0 Å². The standard InChI is InChI=1S/C16H24/c1-5-15(12-13(2)3)10-11-16-9-7-6-8-14(16)4/h5-9,13H,10-12H2,1-4H3/b15-5-. The summed E-state index contributed by atoms with van der Waals surface area (Å²) in [5.41, 5.74) is 4.51. The maximum absolute atomic E-state index is 2.29. The van der Waals surface area contributed by atoms with Gasteiger partial charge in [-0.25, -0.2) is 0 Å². The fourth-order valence-electron chi connectivity index (χ4n) is 2.07. The van der Waals surface area contributed by atoms with Gasteiger partial charge >= 0.3 is 0 Å². The normalized spacial score (nSPS) is 12.2. The molecule has 0 fully saturated rings. The summed E-state index contributed by atoms with van der Waals surface area (Å²) in [7, 11) is 0. The first-order valence-corrected chi connectivity index (χ1v) is 6.32. The third kappa shape index (κ3) is 4.22. The van der Waals surface area contributed by atoms with Crippen LogP contribution in [0.4, 0.5) is 0 Å². The monoisotopic (exact) mass is 216 g/mol. The molecule has 0 aromatic heterocycles. The number of benzene rings is 1. The number of hydrogen-bond acceptors (Lipinski definition) is 0. The zero-order chi connectivity index (χ0) is 12.0. The molecule has 0 atom stereocenters. The van der Waals surface area contributed by atoms with Crippen LogP contribution in [0.5, 0.6) is 0 Å². The Hall–Kier alpha value is -1.04. The Kier molecular flexibility index (Phi) is 5.31. The summed E-state index contributed by atoms with van der Waals surface area (Å²) in [5, 5.41) is 0. The van der Waals surface area contributed by atoms with E-state index in [2.05, 4.69) is 58.0 Å². The third-order valence-corrected chi connectivity index (χ3v) is 3.06. The van der Waals surface area contributed by atoms with E-state index in [9.17, 15) is 0 Å². The molecule has 1 aromatic rings. The van der Waals surface area contributed by atoms with Gasteiger partial charge < -0.3 is 0 Å². The lowest BCUT2D eigenvalue weighted by Gasteiger charge is -2.11. The number of rotatable bonds is 5. The van der Waals surface area contributed by atoms with Crippen LogP contribution in [-0.2, 0) is 6.42 Å². The van der Waals surface area contributed by atoms with E-state index in [1.807, 2.05) is 0 Å². The van der Waals surface area contributed by atoms with E-state index in [1.165, 1.54) is 30.4 Å². The Morgan fingerprint density at radius 1 is 1.25 bits per heavy atom. The number of allylic oxidation sites excluding steroid dienone is 2. The van der Waals surface area contributed by atoms with Gasteiger partial charge in [-0.3, -0.25) is 0 Å². The lowest BCUT2D eigenvalue weighted by molar-refractivity contribution is 0.623. The highest BCUT2D eigenvalue weighted by Gasteiger charge is 2.02. The molecule has 0 saturated heterocycles. The van der Waals surface area contributed by atoms with Crippen molar-refractivity contribution in [2.75, 3.05) is 0 Å². The van der Waals surface area contributed by atoms with Crippen molar-refractivity contribution in [2.24, 2.45) is 5.92 Å². The Morgan fingerprint density at radius 3 is 2.50 bits per heavy atom. The van der Waals surface area contributed by atoms with Gasteiger partial charge in [0.25, 0.3) is 0 Å². The molecule has 0 aliphatic carbocycles. The molecule has 16 heavy (non-hydrogen) atoms. The van der Waals surface area contributed by atoms with Crippen molar-refractivity contribution < 1.29 is 0 Å². The van der Waals surface area contributed by atoms with Crippen LogP contribution in [0, 0.1) is 12.8 Å². The molecule has 1 aromatic carbocycles. The third-order valence-electron chi connectivity index (χ3n) is 3.06. The van der Waals surface area contributed by atoms with Crippen molar-refractivity contribution in [3.63, 3.8) is 0 Å². The molecule has 0 aliphatic heterocycles. The van der Waals surface area contributed by atoms with Crippen molar-refractivity contribution >= 4 is 0 Å². The minimum Gasteiger partial charge on any atom is -0.0884 e. The predicted octanol–water partition coefficient (Wildman–Crippen LogP) is 4.92. The Labute approximate surface area is 100 Å². The second-order valence-corrected chi connectivity index (χ2v) is 4.97. The van der Waals surface area contributed by atoms with Crippen molar-refractivity contribution in [2.45, 2.75) is 47.0 Å². The summed E-state index contributed by atoms with van der Waals surface area (Å²) in [6, 6.07) is 8.70. The molecule has 0 amide bonds. The average Bonchev–Trinajstić information content (AvgIpc) is 2.25. The molecular formula is C16H24. The minimum absolute atomic E-state index is 0.767. The maximum atomic E-state index is 2.29. The summed E-state index contributed by atoms with van der Waals surface area (Å²) >= 11 is 0. The summed E-state index contributed by atoms with van der Waals surface area (Å²) in [6.45, 7) is 8.94. The molecule has 1 rings (SSSR count). The first kappa shape index (κ1) is 13.0. The average molecular weight is 216 g/mol. The number of aryl methyl sites for hydroxylation is 2. The van der Waals surface area contributed by atoms with E-state index < -0.39 is 0 Å². The molecule has 0 N–H and O–H groups in total. The Balaban J connectivity index is 2.54. The molecule has 0 nitrogen and oxygen atoms in total. The highest BCUT2D eigenvalue weighted by Crippen LogP contribution is 2.18. The molecule has 88 valence electrons. The smallest absolute Gasteiger partial charge is 0.0239 e. The molecule has 0 spiro atoms. The van der Waals surface area contributed by atoms with Crippen molar-refractivity contribution in [3.8, 4) is 0 Å². The van der Waals surface area contributed by atoms with Gasteiger partial charge in [0.2, 0.25) is 0 Å². The van der Waals surface area contributed by atoms with E-state index in [1.54, 1.807) is 5.57 Å². The number of hydrogen-bond donors (Lipinski definition) is 0. The van der Waals surface area contributed by atoms with Crippen LogP contribution >= 0.6 is 0 Å². The van der Waals surface area contributed by atoms with Crippen LogP contribution < -0.4 is 0 Å². The first-order valence-electron chi connectivity index (χ1n) is 6.32. The summed E-state index contributed by atoms with van der Waals surface area (Å²) in [5.74, 6) is 0.767. The van der Waals surface area contributed by atoms with Crippen LogP contribution in [0.15, 0.2) is 35.9 Å². The largest absolute Gasteiger partial charge is 0.0884 e. The zero-order valence-corrected chi connectivity index (χ0v) is 11.1. The van der Waals surface area contributed by atoms with Crippen LogP contribution in [0.1, 0.15) is 44.7 Å². The van der Waals surface area contributed by atoms with Crippen molar-refractivity contribution in [1.29, 1.82) is 0 Å². The van der Waals surface area contributed by atoms with Gasteiger partial charge in [0.05, 0.1) is 0 Å². The van der Waals surface area contributed by atoms with Gasteiger partial charge in [-0.1, -0.05) is 49.8 Å². The lowest BCUT2D eigenvalue weighted by Crippen LogP contribution is -1.96. The Morgan fingerprint density at radius 2 is 1.94 bits per heavy atom. The van der Waals surface area contributed by atoms with Gasteiger partial charge in [0, 0.05) is 0 Å². The van der Waals surface area contributed by atoms with E-state index in [0.29, 0.717) is 0 Å². The van der Waals surface area contributed by atoms with E-state index in [0.717, 1.165) is 5.92 Å². The van der Waals surface area contributed by atoms with Crippen LogP contribution in [-0.4, -0.2) is 0 Å². The van der Waals surface area contributed by atoms with E-state index in [-0.39, 0.29) is 0 Å². The molecule has 0 heterocycles. The minimum atomic E-state index is 0.767. The molecule has 0 bridgehead atoms. The SMILES string of the molecule is C/C=C(/CCc1ccccc1C)CC(C)C. The van der Waals surface area contributed by atoms with Crippen LogP contribution in [0.25, 0.3) is 0 Å². The molecule has 0 radical (unpaired) electrons. The maximum Gasteiger partial charge on any atom is -0.0239 e. The summed E-state index contributed by atoms with van der Waals surface area (Å²) in [6.07, 6.45) is 5.92. The second kappa shape index (κ2) is 6.52. The Bertz CT molecular complexity index is 345. The molecule has 0 saturated carbocycles. The fourth-order valence-corrected chi connectivity index (χ4v) is 2.07. The van der Waals surface area contributed by atoms with Gasteiger partial charge in [0.15, 0.2) is 0 Å². The topological polar surface area (TPSA) is 0 Å². The van der Waals surface area contributed by atoms with Gasteiger partial charge in [0.1, 0.15) is 0 Å². The predicted molar refractivity (Wildman–Crippen MR) is 72.7 cm³/mol. The summed E-state index contributed by atoms with van der Waals surface area (Å²) < 4.78 is 0. The molecule has 0 heteroatoms. The molecule has 0 unspecified atom stereocenters. The van der Waals surface area contributed by atoms with E-state index in [4.69, 9.17) is 0 Å². The van der Waals surface area contributed by atoms with Crippen molar-refractivity contribution in [1.82, 2.24) is 0 Å². The molecule has 0 aliphatic rings.